The summed E-state index contributed by atoms with van der Waals surface area (Å²) in [6.45, 7) is 8.58. The number of rotatable bonds is 12. The van der Waals surface area contributed by atoms with Crippen LogP contribution in [0, 0.1) is 0 Å². The second-order valence-electron chi connectivity index (χ2n) is 10.8. The summed E-state index contributed by atoms with van der Waals surface area (Å²) in [5, 5.41) is 3.54. The van der Waals surface area contributed by atoms with E-state index in [-0.39, 0.29) is 23.7 Å². The maximum Gasteiger partial charge on any atom is 0.264 e. The molecule has 12 heteroatoms. The van der Waals surface area contributed by atoms with Crippen LogP contribution in [0.15, 0.2) is 76.5 Å². The molecule has 1 unspecified atom stereocenters. The second-order valence-corrected chi connectivity index (χ2v) is 14.3. The lowest BCUT2D eigenvalue weighted by Gasteiger charge is -2.33. The number of halogens is 2. The van der Waals surface area contributed by atoms with Gasteiger partial charge < -0.3 is 15.0 Å². The zero-order chi connectivity index (χ0) is 31.9. The zero-order valence-electron chi connectivity index (χ0n) is 25.1. The van der Waals surface area contributed by atoms with E-state index in [0.717, 1.165) is 9.20 Å². The van der Waals surface area contributed by atoms with Crippen molar-refractivity contribution in [2.75, 3.05) is 23.7 Å². The van der Waals surface area contributed by atoms with E-state index in [9.17, 15) is 18.0 Å². The molecule has 1 N–H and O–H groups in total. The quantitative estimate of drug-likeness (QED) is 0.218. The van der Waals surface area contributed by atoms with Crippen molar-refractivity contribution in [2.24, 2.45) is 0 Å². The van der Waals surface area contributed by atoms with E-state index in [0.29, 0.717) is 21.4 Å². The van der Waals surface area contributed by atoms with E-state index >= 15 is 0 Å². The van der Waals surface area contributed by atoms with Crippen LogP contribution in [-0.4, -0.2) is 56.1 Å². The van der Waals surface area contributed by atoms with Crippen molar-refractivity contribution in [1.82, 2.24) is 10.2 Å². The van der Waals surface area contributed by atoms with Gasteiger partial charge in [-0.2, -0.15) is 0 Å². The molecule has 1 atom stereocenters. The molecule has 2 amide bonds. The predicted octanol–water partition coefficient (Wildman–Crippen LogP) is 6.64. The Hall–Kier alpha value is -2.92. The molecule has 0 aliphatic rings. The molecule has 0 saturated heterocycles. The SMILES string of the molecule is CCOc1ccccc1N(CC(=O)N(Cc1ccc(Cl)c(Cl)c1)C(C)C(=O)NC(C)(C)C)S(=O)(=O)c1ccc(SC)cc1. The summed E-state index contributed by atoms with van der Waals surface area (Å²) in [6.07, 6.45) is 1.90. The normalized spacial score (nSPS) is 12.4. The third kappa shape index (κ3) is 9.04. The van der Waals surface area contributed by atoms with E-state index in [1.807, 2.05) is 27.0 Å². The summed E-state index contributed by atoms with van der Waals surface area (Å²) < 4.78 is 35.1. The zero-order valence-corrected chi connectivity index (χ0v) is 28.2. The third-order valence-corrected chi connectivity index (χ3v) is 9.62. The molecule has 0 radical (unpaired) electrons. The summed E-state index contributed by atoms with van der Waals surface area (Å²) in [5.74, 6) is -0.687. The first-order valence-electron chi connectivity index (χ1n) is 13.6. The molecule has 0 heterocycles. The number of nitrogens with one attached hydrogen (secondary N) is 1. The Kier molecular flexibility index (Phi) is 11.8. The monoisotopic (exact) mass is 665 g/mol. The molecule has 3 aromatic rings. The lowest BCUT2D eigenvalue weighted by atomic mass is 10.1. The fourth-order valence-electron chi connectivity index (χ4n) is 4.22. The molecule has 43 heavy (non-hydrogen) atoms. The van der Waals surface area contributed by atoms with Gasteiger partial charge >= 0.3 is 0 Å². The van der Waals surface area contributed by atoms with Crippen molar-refractivity contribution in [2.45, 2.75) is 62.5 Å². The molecule has 0 fully saturated rings. The highest BCUT2D eigenvalue weighted by Gasteiger charge is 2.34. The Morgan fingerprint density at radius 2 is 1.65 bits per heavy atom. The van der Waals surface area contributed by atoms with Crippen LogP contribution in [0.25, 0.3) is 0 Å². The lowest BCUT2D eigenvalue weighted by molar-refractivity contribution is -0.140. The summed E-state index contributed by atoms with van der Waals surface area (Å²) >= 11 is 13.8. The molecule has 0 bridgehead atoms. The Labute approximate surface area is 268 Å². The summed E-state index contributed by atoms with van der Waals surface area (Å²) in [5.41, 5.74) is 0.265. The number of carbonyl (C=O) groups excluding carboxylic acids is 2. The van der Waals surface area contributed by atoms with E-state index in [4.69, 9.17) is 27.9 Å². The van der Waals surface area contributed by atoms with Crippen LogP contribution >= 0.6 is 35.0 Å². The molecule has 0 saturated carbocycles. The number of benzene rings is 3. The number of hydrogen-bond acceptors (Lipinski definition) is 6. The fourth-order valence-corrected chi connectivity index (χ4v) is 6.37. The average Bonchev–Trinajstić information content (AvgIpc) is 2.95. The first-order chi connectivity index (χ1) is 20.2. The van der Waals surface area contributed by atoms with Crippen LogP contribution in [0.5, 0.6) is 5.75 Å². The Morgan fingerprint density at radius 3 is 2.23 bits per heavy atom. The van der Waals surface area contributed by atoms with Crippen LogP contribution in [0.1, 0.15) is 40.2 Å². The molecular formula is C31H37Cl2N3O5S2. The Morgan fingerprint density at radius 1 is 1.00 bits per heavy atom. The number of amides is 2. The summed E-state index contributed by atoms with van der Waals surface area (Å²) in [6, 6.07) is 17.1. The van der Waals surface area contributed by atoms with Gasteiger partial charge in [-0.1, -0.05) is 41.4 Å². The third-order valence-electron chi connectivity index (χ3n) is 6.36. The van der Waals surface area contributed by atoms with Gasteiger partial charge in [0.1, 0.15) is 18.3 Å². The van der Waals surface area contributed by atoms with E-state index < -0.39 is 40.0 Å². The highest BCUT2D eigenvalue weighted by atomic mass is 35.5. The van der Waals surface area contributed by atoms with Crippen molar-refractivity contribution in [3.63, 3.8) is 0 Å². The molecule has 0 aromatic heterocycles. The number of carbonyl (C=O) groups is 2. The van der Waals surface area contributed by atoms with Crippen LogP contribution in [0.4, 0.5) is 5.69 Å². The van der Waals surface area contributed by atoms with Crippen molar-refractivity contribution < 1.29 is 22.7 Å². The van der Waals surface area contributed by atoms with Gasteiger partial charge in [0, 0.05) is 17.0 Å². The van der Waals surface area contributed by atoms with Gasteiger partial charge in [-0.05, 0) is 95.0 Å². The Bertz CT molecular complexity index is 1540. The molecule has 0 spiro atoms. The van der Waals surface area contributed by atoms with E-state index in [2.05, 4.69) is 5.32 Å². The molecule has 232 valence electrons. The smallest absolute Gasteiger partial charge is 0.264 e. The average molecular weight is 667 g/mol. The van der Waals surface area contributed by atoms with Gasteiger partial charge in [0.25, 0.3) is 10.0 Å². The van der Waals surface area contributed by atoms with Crippen molar-refractivity contribution in [3.05, 3.63) is 82.3 Å². The number of nitrogens with zero attached hydrogens (tertiary/aromatic N) is 2. The van der Waals surface area contributed by atoms with Crippen molar-refractivity contribution in [3.8, 4) is 5.75 Å². The number of para-hydroxylation sites is 2. The second kappa shape index (κ2) is 14.7. The maximum atomic E-state index is 14.2. The Balaban J connectivity index is 2.11. The van der Waals surface area contributed by atoms with Gasteiger partial charge in [0.05, 0.1) is 27.2 Å². The van der Waals surface area contributed by atoms with Gasteiger partial charge in [-0.15, -0.1) is 11.8 Å². The minimum atomic E-state index is -4.25. The number of hydrogen-bond donors (Lipinski definition) is 1. The molecule has 8 nitrogen and oxygen atoms in total. The lowest BCUT2D eigenvalue weighted by Crippen LogP contribution is -2.54. The van der Waals surface area contributed by atoms with E-state index in [1.165, 1.54) is 28.8 Å². The van der Waals surface area contributed by atoms with Crippen molar-refractivity contribution in [1.29, 1.82) is 0 Å². The van der Waals surface area contributed by atoms with Crippen LogP contribution < -0.4 is 14.4 Å². The van der Waals surface area contributed by atoms with Crippen LogP contribution in [0.3, 0.4) is 0 Å². The number of ether oxygens (including phenoxy) is 1. The molecule has 0 aliphatic heterocycles. The van der Waals surface area contributed by atoms with Gasteiger partial charge in [-0.25, -0.2) is 8.42 Å². The maximum absolute atomic E-state index is 14.2. The fraction of sp³-hybridized carbons (Fsp3) is 0.355. The topological polar surface area (TPSA) is 96.0 Å². The highest BCUT2D eigenvalue weighted by molar-refractivity contribution is 7.98. The molecule has 3 aromatic carbocycles. The first-order valence-corrected chi connectivity index (χ1v) is 17.0. The molecule has 0 aliphatic carbocycles. The van der Waals surface area contributed by atoms with Crippen LogP contribution in [-0.2, 0) is 26.2 Å². The van der Waals surface area contributed by atoms with E-state index in [1.54, 1.807) is 68.4 Å². The minimum Gasteiger partial charge on any atom is -0.492 e. The summed E-state index contributed by atoms with van der Waals surface area (Å²) in [4.78, 5) is 29.7. The van der Waals surface area contributed by atoms with Crippen LogP contribution in [0.2, 0.25) is 10.0 Å². The van der Waals surface area contributed by atoms with Crippen molar-refractivity contribution >= 4 is 62.5 Å². The highest BCUT2D eigenvalue weighted by Crippen LogP contribution is 2.33. The predicted molar refractivity (Wildman–Crippen MR) is 175 cm³/mol. The number of thioether (sulfide) groups is 1. The van der Waals surface area contributed by atoms with Gasteiger partial charge in [0.2, 0.25) is 11.8 Å². The van der Waals surface area contributed by atoms with Gasteiger partial charge in [0.15, 0.2) is 0 Å². The summed E-state index contributed by atoms with van der Waals surface area (Å²) in [7, 11) is -4.25. The van der Waals surface area contributed by atoms with Gasteiger partial charge in [-0.3, -0.25) is 13.9 Å². The molecule has 3 rings (SSSR count). The number of sulfonamides is 1. The standard InChI is InChI=1S/C31H37Cl2N3O5S2/c1-7-41-28-11-9-8-10-27(28)36(43(39,40)24-15-13-23(42-6)14-16-24)20-29(37)35(21(2)30(38)34-31(3,4)5)19-22-12-17-25(32)26(33)18-22/h8-18,21H,7,19-20H2,1-6H3,(H,34,38). The minimum absolute atomic E-state index is 0.0129. The first kappa shape index (κ1) is 34.6. The largest absolute Gasteiger partial charge is 0.492 e. The number of anilines is 1. The molecular weight excluding hydrogens is 629 g/mol.